The number of hydrogen-bond acceptors (Lipinski definition) is 2. The van der Waals surface area contributed by atoms with Crippen LogP contribution in [0.1, 0.15) is 5.56 Å². The molecule has 124 valence electrons. The van der Waals surface area contributed by atoms with Crippen LogP contribution >= 0.6 is 39.9 Å². The molecule has 0 amide bonds. The fourth-order valence-corrected chi connectivity index (χ4v) is 2.37. The molecule has 0 saturated carbocycles. The lowest BCUT2D eigenvalue weighted by molar-refractivity contribution is 0.417. The Kier molecular flexibility index (Phi) is 8.32. The average molecular weight is 494 g/mol. The van der Waals surface area contributed by atoms with Crippen molar-refractivity contribution >= 4 is 51.6 Å². The lowest BCUT2D eigenvalue weighted by Gasteiger charge is -2.10. The molecule has 4 nitrogen and oxygen atoms in total. The fraction of sp³-hybridized carbons (Fsp3) is 0.188. The second kappa shape index (κ2) is 9.71. The first-order valence-corrected chi connectivity index (χ1v) is 7.53. The van der Waals surface area contributed by atoms with Crippen molar-refractivity contribution in [3.8, 4) is 5.75 Å². The summed E-state index contributed by atoms with van der Waals surface area (Å²) in [5.41, 5.74) is 7.18. The summed E-state index contributed by atoms with van der Waals surface area (Å²) in [7, 11) is 1.59. The first-order valence-electron chi connectivity index (χ1n) is 6.74. The number of nitrogens with one attached hydrogen (secondary N) is 1. The van der Waals surface area contributed by atoms with Gasteiger partial charge in [-0.05, 0) is 42.3 Å². The molecule has 0 atom stereocenters. The Morgan fingerprint density at radius 2 is 2.04 bits per heavy atom. The van der Waals surface area contributed by atoms with E-state index in [4.69, 9.17) is 10.5 Å². The predicted molar refractivity (Wildman–Crippen MR) is 106 cm³/mol. The molecular formula is C16H18BrFIN3O. The number of methoxy groups -OCH3 is 1. The quantitative estimate of drug-likeness (QED) is 0.373. The van der Waals surface area contributed by atoms with Crippen LogP contribution in [0.3, 0.4) is 0 Å². The van der Waals surface area contributed by atoms with Crippen LogP contribution in [0.5, 0.6) is 5.75 Å². The maximum atomic E-state index is 13.6. The molecule has 0 heterocycles. The highest BCUT2D eigenvalue weighted by atomic mass is 127. The van der Waals surface area contributed by atoms with Crippen LogP contribution < -0.4 is 15.8 Å². The van der Waals surface area contributed by atoms with E-state index < -0.39 is 0 Å². The number of guanidine groups is 1. The molecule has 7 heteroatoms. The zero-order chi connectivity index (χ0) is 15.9. The van der Waals surface area contributed by atoms with Gasteiger partial charge in [-0.15, -0.1) is 24.0 Å². The number of benzene rings is 2. The Balaban J connectivity index is 0.00000264. The molecule has 0 spiro atoms. The topological polar surface area (TPSA) is 59.6 Å². The molecule has 0 aliphatic carbocycles. The van der Waals surface area contributed by atoms with E-state index in [1.807, 2.05) is 24.3 Å². The number of nitrogens with two attached hydrogens (primary N) is 1. The standard InChI is InChI=1S/C16H17BrFN3O.HI/c1-22-15-5-3-2-4-14(15)21-16(19)20-9-8-11-10-12(17)6-7-13(11)18;/h2-7,10H,8-9H2,1H3,(H3,19,20,21);1H. The molecule has 0 aromatic heterocycles. The van der Waals surface area contributed by atoms with Crippen LogP contribution in [-0.2, 0) is 6.42 Å². The normalized spacial score (nSPS) is 10.8. The van der Waals surface area contributed by atoms with Gasteiger partial charge in [-0.1, -0.05) is 28.1 Å². The van der Waals surface area contributed by atoms with Gasteiger partial charge in [0.2, 0.25) is 0 Å². The highest BCUT2D eigenvalue weighted by Gasteiger charge is 2.04. The molecule has 2 aromatic carbocycles. The number of halogens is 3. The number of anilines is 1. The summed E-state index contributed by atoms with van der Waals surface area (Å²) >= 11 is 3.32. The van der Waals surface area contributed by atoms with Crippen molar-refractivity contribution in [3.63, 3.8) is 0 Å². The Bertz CT molecular complexity index is 682. The van der Waals surface area contributed by atoms with Crippen molar-refractivity contribution in [1.82, 2.24) is 0 Å². The summed E-state index contributed by atoms with van der Waals surface area (Å²) in [6.07, 6.45) is 0.472. The van der Waals surface area contributed by atoms with Crippen molar-refractivity contribution in [3.05, 3.63) is 58.3 Å². The van der Waals surface area contributed by atoms with E-state index in [2.05, 4.69) is 26.2 Å². The van der Waals surface area contributed by atoms with E-state index in [0.717, 1.165) is 10.2 Å². The highest BCUT2D eigenvalue weighted by Crippen LogP contribution is 2.22. The van der Waals surface area contributed by atoms with Crippen LogP contribution in [0.2, 0.25) is 0 Å². The van der Waals surface area contributed by atoms with E-state index in [9.17, 15) is 4.39 Å². The maximum absolute atomic E-state index is 13.6. The number of nitrogens with zero attached hydrogens (tertiary/aromatic N) is 1. The Hall–Kier alpha value is -1.35. The van der Waals surface area contributed by atoms with E-state index in [-0.39, 0.29) is 35.8 Å². The molecule has 0 fully saturated rings. The van der Waals surface area contributed by atoms with Gasteiger partial charge in [0.1, 0.15) is 11.6 Å². The van der Waals surface area contributed by atoms with E-state index in [1.54, 1.807) is 19.2 Å². The Morgan fingerprint density at radius 1 is 1.30 bits per heavy atom. The number of para-hydroxylation sites is 2. The number of aliphatic imine (C=N–C) groups is 1. The zero-order valence-electron chi connectivity index (χ0n) is 12.6. The first-order chi connectivity index (χ1) is 10.6. The molecule has 0 unspecified atom stereocenters. The van der Waals surface area contributed by atoms with E-state index in [1.165, 1.54) is 6.07 Å². The predicted octanol–water partition coefficient (Wildman–Crippen LogP) is 4.18. The third-order valence-corrected chi connectivity index (χ3v) is 3.53. The minimum absolute atomic E-state index is 0. The second-order valence-corrected chi connectivity index (χ2v) is 5.49. The molecule has 0 saturated heterocycles. The molecule has 2 rings (SSSR count). The first kappa shape index (κ1) is 19.7. The largest absolute Gasteiger partial charge is 0.495 e. The van der Waals surface area contributed by atoms with Gasteiger partial charge in [-0.25, -0.2) is 4.39 Å². The summed E-state index contributed by atoms with van der Waals surface area (Å²) < 4.78 is 19.7. The summed E-state index contributed by atoms with van der Waals surface area (Å²) in [6.45, 7) is 0.390. The van der Waals surface area contributed by atoms with Crippen LogP contribution in [-0.4, -0.2) is 19.6 Å². The van der Waals surface area contributed by atoms with Crippen molar-refractivity contribution in [2.75, 3.05) is 19.0 Å². The Labute approximate surface area is 160 Å². The van der Waals surface area contributed by atoms with Gasteiger partial charge >= 0.3 is 0 Å². The molecule has 23 heavy (non-hydrogen) atoms. The van der Waals surface area contributed by atoms with E-state index >= 15 is 0 Å². The molecule has 0 aliphatic heterocycles. The molecule has 3 N–H and O–H groups in total. The monoisotopic (exact) mass is 493 g/mol. The zero-order valence-corrected chi connectivity index (χ0v) is 16.5. The minimum Gasteiger partial charge on any atom is -0.495 e. The lowest BCUT2D eigenvalue weighted by Crippen LogP contribution is -2.23. The minimum atomic E-state index is -0.241. The summed E-state index contributed by atoms with van der Waals surface area (Å²) in [6, 6.07) is 12.2. The number of hydrogen-bond donors (Lipinski definition) is 2. The van der Waals surface area contributed by atoms with Crippen LogP contribution in [0.15, 0.2) is 51.9 Å². The van der Waals surface area contributed by atoms with Crippen LogP contribution in [0.4, 0.5) is 10.1 Å². The molecule has 0 aliphatic rings. The van der Waals surface area contributed by atoms with Gasteiger partial charge in [-0.3, -0.25) is 4.99 Å². The lowest BCUT2D eigenvalue weighted by atomic mass is 10.1. The van der Waals surface area contributed by atoms with Gasteiger partial charge in [0.05, 0.1) is 12.8 Å². The molecule has 0 bridgehead atoms. The van der Waals surface area contributed by atoms with E-state index in [0.29, 0.717) is 24.3 Å². The average Bonchev–Trinajstić information content (AvgIpc) is 2.51. The summed E-state index contributed by atoms with van der Waals surface area (Å²) in [5.74, 6) is 0.702. The van der Waals surface area contributed by atoms with Crippen molar-refractivity contribution in [2.45, 2.75) is 6.42 Å². The smallest absolute Gasteiger partial charge is 0.193 e. The van der Waals surface area contributed by atoms with Crippen LogP contribution in [0.25, 0.3) is 0 Å². The van der Waals surface area contributed by atoms with Gasteiger partial charge in [0, 0.05) is 11.0 Å². The Morgan fingerprint density at radius 3 is 2.78 bits per heavy atom. The molecule has 0 radical (unpaired) electrons. The van der Waals surface area contributed by atoms with Crippen LogP contribution in [0, 0.1) is 5.82 Å². The SMILES string of the molecule is COc1ccccc1NC(N)=NCCc1cc(Br)ccc1F.I. The fourth-order valence-electron chi connectivity index (χ4n) is 1.96. The molecule has 2 aromatic rings. The van der Waals surface area contributed by atoms with Gasteiger partial charge in [0.15, 0.2) is 5.96 Å². The van der Waals surface area contributed by atoms with Crippen molar-refractivity contribution in [2.24, 2.45) is 10.7 Å². The third-order valence-electron chi connectivity index (χ3n) is 3.04. The molecular weight excluding hydrogens is 476 g/mol. The van der Waals surface area contributed by atoms with Crippen molar-refractivity contribution < 1.29 is 9.13 Å². The van der Waals surface area contributed by atoms with Gasteiger partial charge in [-0.2, -0.15) is 0 Å². The second-order valence-electron chi connectivity index (χ2n) is 4.58. The number of rotatable bonds is 5. The summed E-state index contributed by atoms with van der Waals surface area (Å²) in [5, 5.41) is 2.97. The highest BCUT2D eigenvalue weighted by molar-refractivity contribution is 14.0. The van der Waals surface area contributed by atoms with Gasteiger partial charge < -0.3 is 15.8 Å². The summed E-state index contributed by atoms with van der Waals surface area (Å²) in [4.78, 5) is 4.21. The third kappa shape index (κ3) is 5.98. The van der Waals surface area contributed by atoms with Crippen molar-refractivity contribution in [1.29, 1.82) is 0 Å². The maximum Gasteiger partial charge on any atom is 0.193 e. The number of ether oxygens (including phenoxy) is 1. The van der Waals surface area contributed by atoms with Gasteiger partial charge in [0.25, 0.3) is 0 Å².